The molecule has 2 N–H and O–H groups in total. The monoisotopic (exact) mass is 230 g/mol. The number of anilines is 1. The van der Waals surface area contributed by atoms with Crippen LogP contribution in [-0.4, -0.2) is 42.7 Å². The lowest BCUT2D eigenvalue weighted by atomic mass is 10.5. The van der Waals surface area contributed by atoms with Crippen LogP contribution in [0.2, 0.25) is 0 Å². The van der Waals surface area contributed by atoms with Crippen molar-refractivity contribution < 1.29 is 4.74 Å². The molecule has 1 rings (SSSR count). The van der Waals surface area contributed by atoms with E-state index >= 15 is 0 Å². The number of rotatable bonds is 7. The summed E-state index contributed by atoms with van der Waals surface area (Å²) in [7, 11) is 1.69. The number of hydrogen-bond donors (Lipinski definition) is 1. The number of hydrogen-bond acceptors (Lipinski definition) is 6. The Bertz CT molecular complexity index is 279. The zero-order valence-corrected chi connectivity index (χ0v) is 10.1. The van der Waals surface area contributed by atoms with Crippen molar-refractivity contribution >= 4 is 16.7 Å². The van der Waals surface area contributed by atoms with Crippen molar-refractivity contribution in [2.75, 3.05) is 38.3 Å². The molecule has 1 heterocycles. The van der Waals surface area contributed by atoms with Gasteiger partial charge in [-0.2, -0.15) is 4.37 Å². The molecule has 0 unspecified atom stereocenters. The highest BCUT2D eigenvalue weighted by atomic mass is 32.1. The second kappa shape index (κ2) is 6.71. The second-order valence-corrected chi connectivity index (χ2v) is 3.85. The predicted molar refractivity (Wildman–Crippen MR) is 62.4 cm³/mol. The molecule has 6 heteroatoms. The molecule has 0 aliphatic rings. The van der Waals surface area contributed by atoms with Gasteiger partial charge in [-0.1, -0.05) is 6.92 Å². The third-order valence-corrected chi connectivity index (χ3v) is 2.82. The zero-order valence-electron chi connectivity index (χ0n) is 9.27. The summed E-state index contributed by atoms with van der Waals surface area (Å²) in [5.41, 5.74) is 5.55. The molecule has 0 spiro atoms. The lowest BCUT2D eigenvalue weighted by molar-refractivity contribution is 0.205. The van der Waals surface area contributed by atoms with Gasteiger partial charge in [0.1, 0.15) is 5.82 Å². The lowest BCUT2D eigenvalue weighted by Gasteiger charge is -2.19. The van der Waals surface area contributed by atoms with E-state index in [9.17, 15) is 0 Å². The van der Waals surface area contributed by atoms with E-state index in [2.05, 4.69) is 14.3 Å². The summed E-state index contributed by atoms with van der Waals surface area (Å²) in [5, 5.41) is 0.939. The van der Waals surface area contributed by atoms with Gasteiger partial charge in [-0.15, -0.1) is 0 Å². The van der Waals surface area contributed by atoms with E-state index in [4.69, 9.17) is 10.5 Å². The van der Waals surface area contributed by atoms with Crippen LogP contribution in [0.25, 0.3) is 0 Å². The molecule has 0 aliphatic heterocycles. The van der Waals surface area contributed by atoms with Crippen LogP contribution in [0.15, 0.2) is 0 Å². The minimum absolute atomic E-state index is 0.616. The van der Waals surface area contributed by atoms with E-state index in [0.29, 0.717) is 13.2 Å². The van der Waals surface area contributed by atoms with Crippen LogP contribution in [0, 0.1) is 0 Å². The van der Waals surface area contributed by atoms with E-state index in [1.165, 1.54) is 11.5 Å². The number of nitrogens with zero attached hydrogens (tertiary/aromatic N) is 3. The second-order valence-electron chi connectivity index (χ2n) is 3.12. The van der Waals surface area contributed by atoms with Crippen LogP contribution in [-0.2, 0) is 11.2 Å². The Balaban J connectivity index is 2.60. The highest BCUT2D eigenvalue weighted by Gasteiger charge is 2.10. The molecule has 0 amide bonds. The van der Waals surface area contributed by atoms with Gasteiger partial charge in [0.15, 0.2) is 0 Å². The third kappa shape index (κ3) is 3.73. The molecule has 0 atom stereocenters. The Labute approximate surface area is 94.4 Å². The summed E-state index contributed by atoms with van der Waals surface area (Å²) in [6.45, 7) is 4.95. The summed E-state index contributed by atoms with van der Waals surface area (Å²) in [4.78, 5) is 6.53. The molecule has 0 fully saturated rings. The molecule has 0 aliphatic carbocycles. The molecule has 0 radical (unpaired) electrons. The summed E-state index contributed by atoms with van der Waals surface area (Å²) >= 11 is 1.43. The van der Waals surface area contributed by atoms with E-state index in [0.717, 1.165) is 30.5 Å². The first-order chi connectivity index (χ1) is 7.31. The molecular formula is C9H18N4OS. The summed E-state index contributed by atoms with van der Waals surface area (Å²) in [6.07, 6.45) is 0.872. The Hall–Kier alpha value is -0.720. The normalized spacial score (nSPS) is 10.6. The fraction of sp³-hybridized carbons (Fsp3) is 0.778. The smallest absolute Gasteiger partial charge is 0.205 e. The average molecular weight is 230 g/mol. The fourth-order valence-corrected chi connectivity index (χ4v) is 1.98. The largest absolute Gasteiger partial charge is 0.383 e. The minimum atomic E-state index is 0.616. The molecule has 1 aromatic heterocycles. The fourth-order valence-electron chi connectivity index (χ4n) is 1.18. The number of methoxy groups -OCH3 is 1. The standard InChI is InChI=1S/C9H18N4OS/c1-3-8-11-9(15-12-8)13(5-4-10)6-7-14-2/h3-7,10H2,1-2H3. The van der Waals surface area contributed by atoms with E-state index in [1.807, 2.05) is 6.92 Å². The predicted octanol–water partition coefficient (Wildman–Crippen LogP) is 0.512. The Morgan fingerprint density at radius 3 is 2.80 bits per heavy atom. The Morgan fingerprint density at radius 1 is 1.47 bits per heavy atom. The van der Waals surface area contributed by atoms with Crippen LogP contribution in [0.1, 0.15) is 12.7 Å². The van der Waals surface area contributed by atoms with Gasteiger partial charge in [0.2, 0.25) is 5.13 Å². The van der Waals surface area contributed by atoms with Crippen molar-refractivity contribution in [2.45, 2.75) is 13.3 Å². The maximum atomic E-state index is 5.55. The van der Waals surface area contributed by atoms with Gasteiger partial charge in [-0.25, -0.2) is 4.98 Å². The van der Waals surface area contributed by atoms with Crippen LogP contribution < -0.4 is 10.6 Å². The topological polar surface area (TPSA) is 64.3 Å². The van der Waals surface area contributed by atoms with Gasteiger partial charge in [0, 0.05) is 44.7 Å². The third-order valence-electron chi connectivity index (χ3n) is 2.01. The first kappa shape index (κ1) is 12.4. The van der Waals surface area contributed by atoms with Crippen LogP contribution in [0.3, 0.4) is 0 Å². The van der Waals surface area contributed by atoms with Gasteiger partial charge in [-0.05, 0) is 0 Å². The number of aromatic nitrogens is 2. The Kier molecular flexibility index (Phi) is 5.52. The van der Waals surface area contributed by atoms with Crippen molar-refractivity contribution in [3.05, 3.63) is 5.82 Å². The number of ether oxygens (including phenoxy) is 1. The first-order valence-electron chi connectivity index (χ1n) is 5.08. The maximum absolute atomic E-state index is 5.55. The highest BCUT2D eigenvalue weighted by molar-refractivity contribution is 7.09. The van der Waals surface area contributed by atoms with Gasteiger partial charge >= 0.3 is 0 Å². The molecule has 5 nitrogen and oxygen atoms in total. The van der Waals surface area contributed by atoms with Crippen molar-refractivity contribution in [3.63, 3.8) is 0 Å². The SMILES string of the molecule is CCc1nsc(N(CCN)CCOC)n1. The van der Waals surface area contributed by atoms with Gasteiger partial charge in [0.05, 0.1) is 6.61 Å². The van der Waals surface area contributed by atoms with Gasteiger partial charge < -0.3 is 15.4 Å². The molecule has 1 aromatic rings. The molecule has 0 saturated carbocycles. The van der Waals surface area contributed by atoms with Gasteiger partial charge in [-0.3, -0.25) is 0 Å². The lowest BCUT2D eigenvalue weighted by Crippen LogP contribution is -2.32. The summed E-state index contributed by atoms with van der Waals surface area (Å²) in [5.74, 6) is 0.898. The van der Waals surface area contributed by atoms with Crippen LogP contribution >= 0.6 is 11.5 Å². The number of nitrogens with two attached hydrogens (primary N) is 1. The molecule has 0 saturated heterocycles. The van der Waals surface area contributed by atoms with E-state index in [1.54, 1.807) is 7.11 Å². The molecule has 15 heavy (non-hydrogen) atoms. The van der Waals surface area contributed by atoms with Crippen molar-refractivity contribution in [3.8, 4) is 0 Å². The highest BCUT2D eigenvalue weighted by Crippen LogP contribution is 2.16. The summed E-state index contributed by atoms with van der Waals surface area (Å²) < 4.78 is 9.30. The minimum Gasteiger partial charge on any atom is -0.383 e. The van der Waals surface area contributed by atoms with Crippen LogP contribution in [0.5, 0.6) is 0 Å². The molecular weight excluding hydrogens is 212 g/mol. The molecule has 86 valence electrons. The molecule has 0 bridgehead atoms. The summed E-state index contributed by atoms with van der Waals surface area (Å²) in [6, 6.07) is 0. The first-order valence-corrected chi connectivity index (χ1v) is 5.85. The average Bonchev–Trinajstić information content (AvgIpc) is 2.72. The van der Waals surface area contributed by atoms with Crippen molar-refractivity contribution in [2.24, 2.45) is 5.73 Å². The van der Waals surface area contributed by atoms with Crippen molar-refractivity contribution in [1.82, 2.24) is 9.36 Å². The van der Waals surface area contributed by atoms with E-state index in [-0.39, 0.29) is 0 Å². The zero-order chi connectivity index (χ0) is 11.1. The van der Waals surface area contributed by atoms with Gasteiger partial charge in [0.25, 0.3) is 0 Å². The van der Waals surface area contributed by atoms with Crippen molar-refractivity contribution in [1.29, 1.82) is 0 Å². The Morgan fingerprint density at radius 2 is 2.27 bits per heavy atom. The quantitative estimate of drug-likeness (QED) is 0.739. The molecule has 0 aromatic carbocycles. The number of aryl methyl sites for hydroxylation is 1. The van der Waals surface area contributed by atoms with E-state index < -0.39 is 0 Å². The van der Waals surface area contributed by atoms with Crippen LogP contribution in [0.4, 0.5) is 5.13 Å². The maximum Gasteiger partial charge on any atom is 0.205 e.